The Morgan fingerprint density at radius 3 is 2.13 bits per heavy atom. The van der Waals surface area contributed by atoms with E-state index in [2.05, 4.69) is 0 Å². The van der Waals surface area contributed by atoms with Crippen LogP contribution in [0, 0.1) is 0 Å². The number of alkyl halides is 3. The van der Waals surface area contributed by atoms with E-state index in [1.165, 1.54) is 6.07 Å². The van der Waals surface area contributed by atoms with Gasteiger partial charge in [0, 0.05) is 5.69 Å². The van der Waals surface area contributed by atoms with E-state index < -0.39 is 11.7 Å². The van der Waals surface area contributed by atoms with Gasteiger partial charge in [0.15, 0.2) is 0 Å². The number of hydrogen-bond donors (Lipinski definition) is 1. The van der Waals surface area contributed by atoms with Crippen molar-refractivity contribution in [1.29, 1.82) is 0 Å². The number of nitrogens with two attached hydrogens (primary N) is 1. The second-order valence-electron chi connectivity index (χ2n) is 2.77. The molecule has 0 saturated carbocycles. The summed E-state index contributed by atoms with van der Waals surface area (Å²) in [4.78, 5) is 0. The maximum atomic E-state index is 12.3. The van der Waals surface area contributed by atoms with Gasteiger partial charge < -0.3 is 5.73 Å². The Labute approximate surface area is 88.1 Å². The maximum absolute atomic E-state index is 12.3. The average molecular weight is 219 g/mol. The predicted molar refractivity (Wildman–Crippen MR) is 56.6 cm³/mol. The second-order valence-corrected chi connectivity index (χ2v) is 2.77. The Morgan fingerprint density at radius 2 is 1.73 bits per heavy atom. The molecule has 0 aromatic heterocycles. The summed E-state index contributed by atoms with van der Waals surface area (Å²) in [5.41, 5.74) is 4.89. The zero-order valence-corrected chi connectivity index (χ0v) is 9.15. The van der Waals surface area contributed by atoms with Crippen LogP contribution >= 0.6 is 0 Å². The van der Waals surface area contributed by atoms with Gasteiger partial charge in [0.1, 0.15) is 0 Å². The highest BCUT2D eigenvalue weighted by molar-refractivity contribution is 5.50. The van der Waals surface area contributed by atoms with Crippen molar-refractivity contribution in [1.82, 2.24) is 0 Å². The maximum Gasteiger partial charge on any atom is 0.418 e. The topological polar surface area (TPSA) is 26.0 Å². The van der Waals surface area contributed by atoms with Crippen LogP contribution in [0.3, 0.4) is 0 Å². The lowest BCUT2D eigenvalue weighted by Gasteiger charge is -2.10. The van der Waals surface area contributed by atoms with E-state index in [0.29, 0.717) is 12.0 Å². The lowest BCUT2D eigenvalue weighted by atomic mass is 10.1. The third kappa shape index (κ3) is 3.81. The Hall–Kier alpha value is -1.19. The molecule has 0 aliphatic carbocycles. The van der Waals surface area contributed by atoms with E-state index >= 15 is 0 Å². The molecule has 0 aliphatic heterocycles. The summed E-state index contributed by atoms with van der Waals surface area (Å²) >= 11 is 0. The third-order valence-corrected chi connectivity index (χ3v) is 1.83. The smallest absolute Gasteiger partial charge is 0.398 e. The number of anilines is 1. The first kappa shape index (κ1) is 13.8. The standard InChI is InChI=1S/C9H10F3N.C2H6/c1-2-6-3-4-8(13)7(5-6)9(10,11)12;1-2/h3-5H,2,13H2,1H3;1-2H3. The molecule has 0 unspecified atom stereocenters. The zero-order valence-electron chi connectivity index (χ0n) is 9.15. The molecular formula is C11H16F3N. The predicted octanol–water partition coefficient (Wildman–Crippen LogP) is 3.88. The van der Waals surface area contributed by atoms with Crippen molar-refractivity contribution in [3.05, 3.63) is 29.3 Å². The number of aryl methyl sites for hydroxylation is 1. The fraction of sp³-hybridized carbons (Fsp3) is 0.455. The molecule has 0 atom stereocenters. The summed E-state index contributed by atoms with van der Waals surface area (Å²) in [5, 5.41) is 0. The monoisotopic (exact) mass is 219 g/mol. The molecule has 2 N–H and O–H groups in total. The van der Waals surface area contributed by atoms with Crippen LogP contribution in [0.4, 0.5) is 18.9 Å². The van der Waals surface area contributed by atoms with E-state index in [-0.39, 0.29) is 5.69 Å². The molecule has 0 bridgehead atoms. The molecule has 0 heterocycles. The van der Waals surface area contributed by atoms with Crippen molar-refractivity contribution in [3.63, 3.8) is 0 Å². The molecule has 0 saturated heterocycles. The quantitative estimate of drug-likeness (QED) is 0.713. The number of nitrogen functional groups attached to an aromatic ring is 1. The van der Waals surface area contributed by atoms with E-state index in [1.807, 2.05) is 13.8 Å². The van der Waals surface area contributed by atoms with Crippen LogP contribution in [0.1, 0.15) is 31.9 Å². The highest BCUT2D eigenvalue weighted by atomic mass is 19.4. The molecule has 0 spiro atoms. The highest BCUT2D eigenvalue weighted by Gasteiger charge is 2.32. The van der Waals surface area contributed by atoms with Crippen LogP contribution in [0.15, 0.2) is 18.2 Å². The third-order valence-electron chi connectivity index (χ3n) is 1.83. The Bertz CT molecular complexity index is 305. The lowest BCUT2D eigenvalue weighted by molar-refractivity contribution is -0.136. The van der Waals surface area contributed by atoms with Crippen LogP contribution in [-0.4, -0.2) is 0 Å². The van der Waals surface area contributed by atoms with E-state index in [1.54, 1.807) is 13.0 Å². The van der Waals surface area contributed by atoms with Crippen LogP contribution in [0.2, 0.25) is 0 Å². The molecule has 0 aliphatic rings. The summed E-state index contributed by atoms with van der Waals surface area (Å²) in [6.07, 6.45) is -3.78. The minimum Gasteiger partial charge on any atom is -0.398 e. The second kappa shape index (κ2) is 5.63. The molecular weight excluding hydrogens is 203 g/mol. The van der Waals surface area contributed by atoms with Gasteiger partial charge in [-0.15, -0.1) is 0 Å². The van der Waals surface area contributed by atoms with E-state index in [0.717, 1.165) is 6.07 Å². The van der Waals surface area contributed by atoms with Gasteiger partial charge in [0.2, 0.25) is 0 Å². The summed E-state index contributed by atoms with van der Waals surface area (Å²) < 4.78 is 36.9. The van der Waals surface area contributed by atoms with Gasteiger partial charge in [0.05, 0.1) is 5.56 Å². The van der Waals surface area contributed by atoms with Gasteiger partial charge in [0.25, 0.3) is 0 Å². The van der Waals surface area contributed by atoms with Crippen molar-refractivity contribution in [2.75, 3.05) is 5.73 Å². The highest BCUT2D eigenvalue weighted by Crippen LogP contribution is 2.33. The summed E-state index contributed by atoms with van der Waals surface area (Å²) in [7, 11) is 0. The Kier molecular flexibility index (Phi) is 5.19. The van der Waals surface area contributed by atoms with Crippen molar-refractivity contribution >= 4 is 5.69 Å². The fourth-order valence-corrected chi connectivity index (χ4v) is 1.07. The number of halogens is 3. The molecule has 1 rings (SSSR count). The minimum absolute atomic E-state index is 0.218. The SMILES string of the molecule is CC.CCc1ccc(N)c(C(F)(F)F)c1. The normalized spacial score (nSPS) is 10.5. The van der Waals surface area contributed by atoms with Crippen LogP contribution in [0.25, 0.3) is 0 Å². The fourth-order valence-electron chi connectivity index (χ4n) is 1.07. The van der Waals surface area contributed by atoms with Gasteiger partial charge in [-0.2, -0.15) is 13.2 Å². The Morgan fingerprint density at radius 1 is 1.20 bits per heavy atom. The molecule has 1 aromatic carbocycles. The lowest BCUT2D eigenvalue weighted by Crippen LogP contribution is -2.09. The number of benzene rings is 1. The summed E-state index contributed by atoms with van der Waals surface area (Å²) in [6.45, 7) is 5.80. The molecule has 1 aromatic rings. The van der Waals surface area contributed by atoms with Crippen LogP contribution in [0.5, 0.6) is 0 Å². The van der Waals surface area contributed by atoms with Gasteiger partial charge in [-0.05, 0) is 24.1 Å². The van der Waals surface area contributed by atoms with Gasteiger partial charge in [-0.1, -0.05) is 26.8 Å². The zero-order chi connectivity index (χ0) is 12.1. The summed E-state index contributed by atoms with van der Waals surface area (Å²) in [5.74, 6) is 0. The van der Waals surface area contributed by atoms with Crippen LogP contribution < -0.4 is 5.73 Å². The first-order chi connectivity index (χ1) is 6.95. The van der Waals surface area contributed by atoms with Gasteiger partial charge >= 0.3 is 6.18 Å². The van der Waals surface area contributed by atoms with Crippen molar-refractivity contribution in [2.24, 2.45) is 0 Å². The Balaban J connectivity index is 0.000000921. The molecule has 86 valence electrons. The van der Waals surface area contributed by atoms with Crippen molar-refractivity contribution < 1.29 is 13.2 Å². The number of hydrogen-bond acceptors (Lipinski definition) is 1. The molecule has 4 heteroatoms. The van der Waals surface area contributed by atoms with Crippen LogP contribution in [-0.2, 0) is 12.6 Å². The molecule has 0 amide bonds. The van der Waals surface area contributed by atoms with Gasteiger partial charge in [-0.25, -0.2) is 0 Å². The first-order valence-corrected chi connectivity index (χ1v) is 4.90. The largest absolute Gasteiger partial charge is 0.418 e. The molecule has 15 heavy (non-hydrogen) atoms. The van der Waals surface area contributed by atoms with E-state index in [4.69, 9.17) is 5.73 Å². The van der Waals surface area contributed by atoms with Crippen molar-refractivity contribution in [3.8, 4) is 0 Å². The minimum atomic E-state index is -4.35. The van der Waals surface area contributed by atoms with Crippen molar-refractivity contribution in [2.45, 2.75) is 33.4 Å². The van der Waals surface area contributed by atoms with Gasteiger partial charge in [-0.3, -0.25) is 0 Å². The average Bonchev–Trinajstić information content (AvgIpc) is 2.20. The molecule has 0 fully saturated rings. The molecule has 0 radical (unpaired) electrons. The van der Waals surface area contributed by atoms with E-state index in [9.17, 15) is 13.2 Å². The summed E-state index contributed by atoms with van der Waals surface area (Å²) in [6, 6.07) is 3.99. The first-order valence-electron chi connectivity index (χ1n) is 4.90. The number of rotatable bonds is 1. The molecule has 1 nitrogen and oxygen atoms in total.